The average Bonchev–Trinajstić information content (AvgIpc) is 2.96. The van der Waals surface area contributed by atoms with Crippen LogP contribution in [0.1, 0.15) is 39.0 Å². The van der Waals surface area contributed by atoms with Gasteiger partial charge in [-0.25, -0.2) is 9.59 Å². The van der Waals surface area contributed by atoms with Crippen molar-refractivity contribution in [1.29, 1.82) is 0 Å². The van der Waals surface area contributed by atoms with Crippen molar-refractivity contribution >= 4 is 23.5 Å². The Labute approximate surface area is 156 Å². The van der Waals surface area contributed by atoms with E-state index in [0.717, 1.165) is 0 Å². The van der Waals surface area contributed by atoms with Crippen molar-refractivity contribution in [1.82, 2.24) is 4.98 Å². The van der Waals surface area contributed by atoms with Gasteiger partial charge >= 0.3 is 11.9 Å². The molecule has 1 heterocycles. The second-order valence-corrected chi connectivity index (χ2v) is 5.88. The van der Waals surface area contributed by atoms with Gasteiger partial charge in [-0.15, -0.1) is 0 Å². The predicted octanol–water partition coefficient (Wildman–Crippen LogP) is 2.61. The van der Waals surface area contributed by atoms with E-state index in [9.17, 15) is 14.4 Å². The van der Waals surface area contributed by atoms with Crippen molar-refractivity contribution in [2.75, 3.05) is 19.5 Å². The van der Waals surface area contributed by atoms with E-state index in [4.69, 9.17) is 14.2 Å². The predicted molar refractivity (Wildman–Crippen MR) is 98.1 cm³/mol. The molecule has 0 aliphatic rings. The lowest BCUT2D eigenvalue weighted by molar-refractivity contribution is -0.123. The van der Waals surface area contributed by atoms with Gasteiger partial charge in [0, 0.05) is 11.4 Å². The fraction of sp³-hybridized carbons (Fsp3) is 0.316. The number of hydrogen-bond donors (Lipinski definition) is 2. The maximum absolute atomic E-state index is 12.4. The molecule has 0 bridgehead atoms. The molecule has 1 aromatic carbocycles. The molecule has 144 valence electrons. The lowest BCUT2D eigenvalue weighted by atomic mass is 10.1. The van der Waals surface area contributed by atoms with Crippen molar-refractivity contribution in [2.45, 2.75) is 26.9 Å². The fourth-order valence-electron chi connectivity index (χ4n) is 2.55. The summed E-state index contributed by atoms with van der Waals surface area (Å²) in [5.74, 6) is -1.11. The third-order valence-electron chi connectivity index (χ3n) is 4.04. The van der Waals surface area contributed by atoms with Crippen molar-refractivity contribution in [2.24, 2.45) is 0 Å². The molecule has 0 fully saturated rings. The van der Waals surface area contributed by atoms with Gasteiger partial charge in [-0.3, -0.25) is 4.79 Å². The molecule has 2 aromatic rings. The molecule has 0 radical (unpaired) electrons. The van der Waals surface area contributed by atoms with Crippen LogP contribution in [0.4, 0.5) is 5.69 Å². The molecule has 2 N–H and O–H groups in total. The number of benzene rings is 1. The molecule has 0 aliphatic heterocycles. The number of aryl methyl sites for hydroxylation is 1. The van der Waals surface area contributed by atoms with Gasteiger partial charge in [0.05, 0.1) is 19.8 Å². The molecule has 0 saturated heterocycles. The number of nitrogens with one attached hydrogen (secondary N) is 2. The summed E-state index contributed by atoms with van der Waals surface area (Å²) in [4.78, 5) is 39.2. The number of esters is 2. The zero-order chi connectivity index (χ0) is 20.1. The summed E-state index contributed by atoms with van der Waals surface area (Å²) < 4.78 is 15.0. The number of rotatable bonds is 6. The van der Waals surface area contributed by atoms with E-state index >= 15 is 0 Å². The van der Waals surface area contributed by atoms with Crippen LogP contribution in [0, 0.1) is 13.8 Å². The van der Waals surface area contributed by atoms with Crippen LogP contribution in [0.25, 0.3) is 0 Å². The van der Waals surface area contributed by atoms with Crippen molar-refractivity contribution < 1.29 is 28.6 Å². The molecular formula is C19H22N2O6. The molecule has 0 saturated carbocycles. The topological polar surface area (TPSA) is 107 Å². The minimum Gasteiger partial charge on any atom is -0.497 e. The van der Waals surface area contributed by atoms with Gasteiger partial charge in [-0.05, 0) is 50.6 Å². The normalized spacial score (nSPS) is 11.4. The molecular weight excluding hydrogens is 352 g/mol. The molecule has 27 heavy (non-hydrogen) atoms. The first-order valence-corrected chi connectivity index (χ1v) is 8.21. The first-order valence-electron chi connectivity index (χ1n) is 8.21. The second-order valence-electron chi connectivity index (χ2n) is 5.88. The number of amides is 1. The zero-order valence-electron chi connectivity index (χ0n) is 15.8. The Morgan fingerprint density at radius 2 is 1.67 bits per heavy atom. The van der Waals surface area contributed by atoms with Crippen molar-refractivity contribution in [3.8, 4) is 5.75 Å². The summed E-state index contributed by atoms with van der Waals surface area (Å²) in [6.45, 7) is 4.72. The number of ether oxygens (including phenoxy) is 3. The van der Waals surface area contributed by atoms with Crippen LogP contribution in [-0.2, 0) is 14.3 Å². The number of methoxy groups -OCH3 is 2. The molecule has 0 spiro atoms. The van der Waals surface area contributed by atoms with Gasteiger partial charge in [-0.1, -0.05) is 0 Å². The summed E-state index contributed by atoms with van der Waals surface area (Å²) in [5.41, 5.74) is 1.83. The van der Waals surface area contributed by atoms with Gasteiger partial charge in [0.25, 0.3) is 5.91 Å². The Morgan fingerprint density at radius 1 is 1.04 bits per heavy atom. The Kier molecular flexibility index (Phi) is 6.23. The third-order valence-corrected chi connectivity index (χ3v) is 4.04. The smallest absolute Gasteiger partial charge is 0.355 e. The Hall–Kier alpha value is -3.29. The van der Waals surface area contributed by atoms with E-state index in [0.29, 0.717) is 22.7 Å². The van der Waals surface area contributed by atoms with Gasteiger partial charge in [0.2, 0.25) is 0 Å². The SMILES string of the molecule is COC(=O)c1c(C)[nH]c(C(=O)O[C@@H](C)C(=O)Nc2ccc(OC)cc2)c1C. The highest BCUT2D eigenvalue weighted by Gasteiger charge is 2.26. The number of carbonyl (C=O) groups excluding carboxylic acids is 3. The lowest BCUT2D eigenvalue weighted by Gasteiger charge is -2.13. The minimum absolute atomic E-state index is 0.108. The van der Waals surface area contributed by atoms with Crippen LogP contribution in [0.5, 0.6) is 5.75 Å². The van der Waals surface area contributed by atoms with Gasteiger partial charge in [-0.2, -0.15) is 0 Å². The Morgan fingerprint density at radius 3 is 2.22 bits per heavy atom. The van der Waals surface area contributed by atoms with E-state index in [-0.39, 0.29) is 11.3 Å². The molecule has 1 amide bonds. The maximum Gasteiger partial charge on any atom is 0.355 e. The van der Waals surface area contributed by atoms with E-state index in [2.05, 4.69) is 10.3 Å². The third kappa shape index (κ3) is 4.46. The standard InChI is InChI=1S/C19H22N2O6/c1-10-15(18(23)26-5)11(2)20-16(10)19(24)27-12(3)17(22)21-13-6-8-14(25-4)9-7-13/h6-9,12,20H,1-5H3,(H,21,22)/t12-/m0/s1. The summed E-state index contributed by atoms with van der Waals surface area (Å²) in [7, 11) is 2.81. The van der Waals surface area contributed by atoms with Crippen LogP contribution < -0.4 is 10.1 Å². The summed E-state index contributed by atoms with van der Waals surface area (Å²) in [5, 5.41) is 2.65. The Bertz CT molecular complexity index is 854. The number of aromatic nitrogens is 1. The Balaban J connectivity index is 2.06. The van der Waals surface area contributed by atoms with Crippen molar-refractivity contribution in [3.63, 3.8) is 0 Å². The van der Waals surface area contributed by atoms with Gasteiger partial charge in [0.1, 0.15) is 11.4 Å². The number of H-pyrrole nitrogens is 1. The van der Waals surface area contributed by atoms with Gasteiger partial charge in [0.15, 0.2) is 6.10 Å². The highest BCUT2D eigenvalue weighted by molar-refractivity contribution is 6.00. The van der Waals surface area contributed by atoms with E-state index in [1.54, 1.807) is 45.2 Å². The van der Waals surface area contributed by atoms with E-state index < -0.39 is 23.9 Å². The zero-order valence-corrected chi connectivity index (χ0v) is 15.8. The molecule has 1 atom stereocenters. The van der Waals surface area contributed by atoms with Crippen LogP contribution in [-0.4, -0.2) is 43.2 Å². The number of anilines is 1. The summed E-state index contributed by atoms with van der Waals surface area (Å²) in [6, 6.07) is 6.75. The molecule has 0 aliphatic carbocycles. The monoisotopic (exact) mass is 374 g/mol. The number of hydrogen-bond acceptors (Lipinski definition) is 6. The highest BCUT2D eigenvalue weighted by Crippen LogP contribution is 2.20. The van der Waals surface area contributed by atoms with E-state index in [1.165, 1.54) is 14.0 Å². The number of carbonyl (C=O) groups is 3. The quantitative estimate of drug-likeness (QED) is 0.753. The van der Waals surface area contributed by atoms with Crippen LogP contribution in [0.2, 0.25) is 0 Å². The molecule has 8 heteroatoms. The second kappa shape index (κ2) is 8.39. The molecule has 8 nitrogen and oxygen atoms in total. The summed E-state index contributed by atoms with van der Waals surface area (Å²) in [6.07, 6.45) is -1.04. The summed E-state index contributed by atoms with van der Waals surface area (Å²) >= 11 is 0. The maximum atomic E-state index is 12.4. The largest absolute Gasteiger partial charge is 0.497 e. The van der Waals surface area contributed by atoms with Crippen molar-refractivity contribution in [3.05, 3.63) is 46.8 Å². The average molecular weight is 374 g/mol. The van der Waals surface area contributed by atoms with Gasteiger partial charge < -0.3 is 24.5 Å². The highest BCUT2D eigenvalue weighted by atomic mass is 16.5. The number of aromatic amines is 1. The van der Waals surface area contributed by atoms with Crippen LogP contribution >= 0.6 is 0 Å². The first-order chi connectivity index (χ1) is 12.8. The van der Waals surface area contributed by atoms with Crippen LogP contribution in [0.3, 0.4) is 0 Å². The molecule has 0 unspecified atom stereocenters. The minimum atomic E-state index is -1.04. The van der Waals surface area contributed by atoms with Crippen LogP contribution in [0.15, 0.2) is 24.3 Å². The molecule has 2 rings (SSSR count). The van der Waals surface area contributed by atoms with E-state index in [1.807, 2.05) is 0 Å². The molecule has 1 aromatic heterocycles. The lowest BCUT2D eigenvalue weighted by Crippen LogP contribution is -2.30. The fourth-order valence-corrected chi connectivity index (χ4v) is 2.55. The first kappa shape index (κ1) is 20.0.